The molecular weight excluding hydrogens is 434 g/mol. The monoisotopic (exact) mass is 471 g/mol. The fourth-order valence-corrected chi connectivity index (χ4v) is 5.14. The molecule has 1 fully saturated rings. The highest BCUT2D eigenvalue weighted by Gasteiger charge is 2.29. The molecule has 0 bridgehead atoms. The molecular formula is C27H37NO4S. The van der Waals surface area contributed by atoms with Crippen molar-refractivity contribution in [3.8, 4) is 11.5 Å². The van der Waals surface area contributed by atoms with Gasteiger partial charge in [-0.05, 0) is 74.6 Å². The minimum atomic E-state index is -3.18. The zero-order chi connectivity index (χ0) is 23.9. The predicted molar refractivity (Wildman–Crippen MR) is 134 cm³/mol. The standard InChI is InChI=1S/C27H37NO4S/c1-27(2,32-23-15-5-4-6-16-23)19-9-13-21-11-7-17-24(21)25-18-8-12-22(26(25)29)14-10-20-28-33(3,30)31/h4-6,8-9,12-13,15-16,18,21,24,28-29H,7,10-11,14,17,19-20H2,1-3H3/b13-9+/t21?,24-/m0/s1. The van der Waals surface area contributed by atoms with E-state index in [-0.39, 0.29) is 5.60 Å². The van der Waals surface area contributed by atoms with Crippen molar-refractivity contribution in [3.05, 3.63) is 71.8 Å². The van der Waals surface area contributed by atoms with Crippen molar-refractivity contribution in [1.29, 1.82) is 0 Å². The van der Waals surface area contributed by atoms with Gasteiger partial charge in [0.2, 0.25) is 10.0 Å². The minimum absolute atomic E-state index is 0.298. The molecule has 6 heteroatoms. The van der Waals surface area contributed by atoms with Gasteiger partial charge in [-0.25, -0.2) is 13.1 Å². The van der Waals surface area contributed by atoms with Gasteiger partial charge in [-0.3, -0.25) is 0 Å². The van der Waals surface area contributed by atoms with Crippen molar-refractivity contribution < 1.29 is 18.3 Å². The van der Waals surface area contributed by atoms with Gasteiger partial charge in [-0.1, -0.05) is 55.0 Å². The van der Waals surface area contributed by atoms with Gasteiger partial charge in [-0.15, -0.1) is 0 Å². The lowest BCUT2D eigenvalue weighted by Gasteiger charge is -2.25. The Morgan fingerprint density at radius 2 is 1.88 bits per heavy atom. The molecule has 0 heterocycles. The summed E-state index contributed by atoms with van der Waals surface area (Å²) in [6.07, 6.45) is 11.1. The molecule has 180 valence electrons. The second-order valence-corrected chi connectivity index (χ2v) is 11.5. The summed E-state index contributed by atoms with van der Waals surface area (Å²) in [6, 6.07) is 15.9. The van der Waals surface area contributed by atoms with Crippen LogP contribution in [0.15, 0.2) is 60.7 Å². The third-order valence-electron chi connectivity index (χ3n) is 6.24. The van der Waals surface area contributed by atoms with E-state index in [9.17, 15) is 13.5 Å². The molecule has 1 aliphatic rings. The maximum atomic E-state index is 11.2. The maximum absolute atomic E-state index is 11.2. The van der Waals surface area contributed by atoms with Crippen LogP contribution < -0.4 is 9.46 Å². The lowest BCUT2D eigenvalue weighted by Crippen LogP contribution is -2.27. The van der Waals surface area contributed by atoms with E-state index in [1.807, 2.05) is 48.5 Å². The number of sulfonamides is 1. The van der Waals surface area contributed by atoms with Crippen LogP contribution in [0.3, 0.4) is 0 Å². The van der Waals surface area contributed by atoms with Crippen LogP contribution in [-0.2, 0) is 16.4 Å². The van der Waals surface area contributed by atoms with Crippen LogP contribution in [0.25, 0.3) is 0 Å². The second kappa shape index (κ2) is 11.2. The topological polar surface area (TPSA) is 75.6 Å². The first-order valence-electron chi connectivity index (χ1n) is 11.8. The molecule has 2 aromatic carbocycles. The fourth-order valence-electron chi connectivity index (χ4n) is 4.63. The van der Waals surface area contributed by atoms with Crippen molar-refractivity contribution in [1.82, 2.24) is 4.72 Å². The summed E-state index contributed by atoms with van der Waals surface area (Å²) in [6.45, 7) is 4.58. The van der Waals surface area contributed by atoms with Crippen molar-refractivity contribution >= 4 is 10.0 Å². The van der Waals surface area contributed by atoms with Gasteiger partial charge in [0.05, 0.1) is 6.26 Å². The van der Waals surface area contributed by atoms with Crippen LogP contribution in [0.4, 0.5) is 0 Å². The quantitative estimate of drug-likeness (QED) is 0.332. The van der Waals surface area contributed by atoms with E-state index in [2.05, 4.69) is 30.7 Å². The van der Waals surface area contributed by atoms with Crippen LogP contribution in [0.2, 0.25) is 0 Å². The number of phenols is 1. The number of allylic oxidation sites excluding steroid dienone is 1. The Bertz CT molecular complexity index is 1030. The largest absolute Gasteiger partial charge is 0.507 e. The van der Waals surface area contributed by atoms with E-state index in [0.717, 1.165) is 48.8 Å². The van der Waals surface area contributed by atoms with Crippen molar-refractivity contribution in [2.75, 3.05) is 12.8 Å². The number of nitrogens with one attached hydrogen (secondary N) is 1. The molecule has 2 aromatic rings. The normalized spacial score (nSPS) is 19.2. The average Bonchev–Trinajstić information content (AvgIpc) is 3.20. The molecule has 0 amide bonds. The molecule has 1 aliphatic carbocycles. The molecule has 1 unspecified atom stereocenters. The number of phenolic OH excluding ortho intramolecular Hbond substituents is 1. The lowest BCUT2D eigenvalue weighted by molar-refractivity contribution is 0.113. The molecule has 2 atom stereocenters. The number of aromatic hydroxyl groups is 1. The first kappa shape index (κ1) is 25.3. The van der Waals surface area contributed by atoms with Gasteiger partial charge in [-0.2, -0.15) is 0 Å². The summed E-state index contributed by atoms with van der Waals surface area (Å²) in [7, 11) is -3.18. The SMILES string of the molecule is CC(C)(C/C=C/C1CCC[C@@H]1c1cccc(CCCNS(C)(=O)=O)c1O)Oc1ccccc1. The average molecular weight is 472 g/mol. The number of hydrogen-bond donors (Lipinski definition) is 2. The molecule has 0 aromatic heterocycles. The Hall–Kier alpha value is -2.31. The van der Waals surface area contributed by atoms with E-state index in [1.165, 1.54) is 0 Å². The zero-order valence-corrected chi connectivity index (χ0v) is 20.8. The van der Waals surface area contributed by atoms with E-state index < -0.39 is 10.0 Å². The number of benzene rings is 2. The molecule has 1 saturated carbocycles. The van der Waals surface area contributed by atoms with Gasteiger partial charge < -0.3 is 9.84 Å². The van der Waals surface area contributed by atoms with E-state index in [0.29, 0.717) is 37.0 Å². The minimum Gasteiger partial charge on any atom is -0.507 e. The van der Waals surface area contributed by atoms with Gasteiger partial charge in [0, 0.05) is 13.0 Å². The van der Waals surface area contributed by atoms with Crippen LogP contribution in [-0.4, -0.2) is 31.9 Å². The highest BCUT2D eigenvalue weighted by atomic mass is 32.2. The summed E-state index contributed by atoms with van der Waals surface area (Å²) in [5.41, 5.74) is 1.60. The smallest absolute Gasteiger partial charge is 0.208 e. The first-order valence-corrected chi connectivity index (χ1v) is 13.7. The molecule has 0 saturated heterocycles. The number of para-hydroxylation sites is 2. The zero-order valence-electron chi connectivity index (χ0n) is 20.0. The van der Waals surface area contributed by atoms with Crippen molar-refractivity contribution in [3.63, 3.8) is 0 Å². The third kappa shape index (κ3) is 7.90. The van der Waals surface area contributed by atoms with E-state index >= 15 is 0 Å². The Morgan fingerprint density at radius 1 is 1.12 bits per heavy atom. The molecule has 5 nitrogen and oxygen atoms in total. The van der Waals surface area contributed by atoms with E-state index in [4.69, 9.17) is 4.74 Å². The number of ether oxygens (including phenoxy) is 1. The predicted octanol–water partition coefficient (Wildman–Crippen LogP) is 5.56. The van der Waals surface area contributed by atoms with Crippen LogP contribution >= 0.6 is 0 Å². The Morgan fingerprint density at radius 3 is 2.61 bits per heavy atom. The summed E-state index contributed by atoms with van der Waals surface area (Å²) in [4.78, 5) is 0. The summed E-state index contributed by atoms with van der Waals surface area (Å²) >= 11 is 0. The second-order valence-electron chi connectivity index (χ2n) is 9.63. The summed E-state index contributed by atoms with van der Waals surface area (Å²) < 4.78 is 31.1. The maximum Gasteiger partial charge on any atom is 0.208 e. The van der Waals surface area contributed by atoms with E-state index in [1.54, 1.807) is 0 Å². The Labute approximate surface area is 198 Å². The number of hydrogen-bond acceptors (Lipinski definition) is 4. The summed E-state index contributed by atoms with van der Waals surface area (Å²) in [5.74, 6) is 1.94. The van der Waals surface area contributed by atoms with Crippen LogP contribution in [0.1, 0.15) is 63.0 Å². The van der Waals surface area contributed by atoms with Gasteiger partial charge >= 0.3 is 0 Å². The molecule has 2 N–H and O–H groups in total. The highest BCUT2D eigenvalue weighted by molar-refractivity contribution is 7.88. The lowest BCUT2D eigenvalue weighted by atomic mass is 9.86. The van der Waals surface area contributed by atoms with Gasteiger partial charge in [0.15, 0.2) is 0 Å². The van der Waals surface area contributed by atoms with Gasteiger partial charge in [0.1, 0.15) is 17.1 Å². The molecule has 0 aliphatic heterocycles. The molecule has 33 heavy (non-hydrogen) atoms. The van der Waals surface area contributed by atoms with Crippen LogP contribution in [0.5, 0.6) is 11.5 Å². The van der Waals surface area contributed by atoms with Crippen molar-refractivity contribution in [2.24, 2.45) is 5.92 Å². The molecule has 0 spiro atoms. The van der Waals surface area contributed by atoms with Gasteiger partial charge in [0.25, 0.3) is 0 Å². The highest BCUT2D eigenvalue weighted by Crippen LogP contribution is 2.44. The van der Waals surface area contributed by atoms with Crippen molar-refractivity contribution in [2.45, 2.75) is 63.9 Å². The third-order valence-corrected chi connectivity index (χ3v) is 6.97. The fraction of sp³-hybridized carbons (Fsp3) is 0.481. The number of rotatable bonds is 11. The van der Waals surface area contributed by atoms with Crippen LogP contribution in [0, 0.1) is 5.92 Å². The summed E-state index contributed by atoms with van der Waals surface area (Å²) in [5, 5.41) is 11.0. The first-order chi connectivity index (χ1) is 15.6. The Balaban J connectivity index is 1.61. The number of aryl methyl sites for hydroxylation is 1. The Kier molecular flexibility index (Phi) is 8.60. The molecule has 3 rings (SSSR count). The molecule has 0 radical (unpaired) electrons.